The Hall–Kier alpha value is -3.92. The molecule has 0 radical (unpaired) electrons. The van der Waals surface area contributed by atoms with Crippen LogP contribution >= 0.6 is 11.6 Å². The van der Waals surface area contributed by atoms with Crippen LogP contribution in [0.2, 0.25) is 5.02 Å². The van der Waals surface area contributed by atoms with Crippen LogP contribution < -0.4 is 14.2 Å². The van der Waals surface area contributed by atoms with E-state index in [-0.39, 0.29) is 24.2 Å². The zero-order valence-electron chi connectivity index (χ0n) is 22.8. The van der Waals surface area contributed by atoms with Crippen LogP contribution in [0.4, 0.5) is 4.39 Å². The number of nitrogens with zero attached hydrogens (tertiary/aromatic N) is 4. The molecule has 0 unspecified atom stereocenters. The van der Waals surface area contributed by atoms with Gasteiger partial charge >= 0.3 is 5.97 Å². The zero-order valence-corrected chi connectivity index (χ0v) is 23.5. The smallest absolute Gasteiger partial charge is 0.306 e. The quantitative estimate of drug-likeness (QED) is 0.246. The molecular formula is C30H30ClFN4O5. The minimum absolute atomic E-state index is 0.140. The van der Waals surface area contributed by atoms with Gasteiger partial charge in [-0.3, -0.25) is 4.79 Å². The molecule has 2 heterocycles. The van der Waals surface area contributed by atoms with E-state index in [4.69, 9.17) is 30.8 Å². The third kappa shape index (κ3) is 5.53. The Morgan fingerprint density at radius 2 is 1.93 bits per heavy atom. The van der Waals surface area contributed by atoms with Crippen molar-refractivity contribution in [1.29, 1.82) is 0 Å². The van der Waals surface area contributed by atoms with Crippen LogP contribution in [-0.2, 0) is 11.3 Å². The fourth-order valence-corrected chi connectivity index (χ4v) is 5.54. The number of fused-ring (bicyclic) bond motifs is 1. The van der Waals surface area contributed by atoms with Crippen molar-refractivity contribution >= 4 is 28.7 Å². The second-order valence-electron chi connectivity index (χ2n) is 10.9. The van der Waals surface area contributed by atoms with Gasteiger partial charge in [-0.25, -0.2) is 14.4 Å². The van der Waals surface area contributed by atoms with E-state index in [2.05, 4.69) is 9.97 Å². The topological polar surface area (TPSA) is 109 Å². The highest BCUT2D eigenvalue weighted by Crippen LogP contribution is 2.42. The molecule has 214 valence electrons. The molecular weight excluding hydrogens is 551 g/mol. The van der Waals surface area contributed by atoms with Crippen molar-refractivity contribution in [3.05, 3.63) is 59.1 Å². The summed E-state index contributed by atoms with van der Waals surface area (Å²) >= 11 is 6.96. The lowest BCUT2D eigenvalue weighted by molar-refractivity contribution is -0.143. The molecule has 4 aromatic rings. The lowest BCUT2D eigenvalue weighted by atomic mass is 9.87. The maximum atomic E-state index is 14.3. The molecule has 9 nitrogen and oxygen atoms in total. The van der Waals surface area contributed by atoms with E-state index in [9.17, 15) is 14.3 Å². The average molecular weight is 581 g/mol. The van der Waals surface area contributed by atoms with E-state index >= 15 is 0 Å². The molecule has 6 rings (SSSR count). The van der Waals surface area contributed by atoms with Gasteiger partial charge in [0.2, 0.25) is 5.88 Å². The summed E-state index contributed by atoms with van der Waals surface area (Å²) in [5, 5.41) is 9.69. The molecule has 2 fully saturated rings. The van der Waals surface area contributed by atoms with E-state index in [1.54, 1.807) is 12.1 Å². The first kappa shape index (κ1) is 27.3. The van der Waals surface area contributed by atoms with E-state index < -0.39 is 11.8 Å². The Kier molecular flexibility index (Phi) is 7.19. The lowest BCUT2D eigenvalue weighted by Gasteiger charge is -2.27. The minimum Gasteiger partial charge on any atom is -0.496 e. The maximum absolute atomic E-state index is 14.3. The summed E-state index contributed by atoms with van der Waals surface area (Å²) in [6.45, 7) is 2.22. The molecule has 0 aliphatic heterocycles. The van der Waals surface area contributed by atoms with Gasteiger partial charge in [-0.15, -0.1) is 0 Å². The SMILES string of the molecule is COc1ccc(F)cc1Cn1c(-c2cccc(OC3CCC(C(=O)O)CC3)c2Cl)nc2c(OC3(C)CC3)ncnc21. The maximum Gasteiger partial charge on any atom is 0.306 e. The summed E-state index contributed by atoms with van der Waals surface area (Å²) in [7, 11) is 1.54. The molecule has 2 aliphatic carbocycles. The van der Waals surface area contributed by atoms with Gasteiger partial charge in [-0.05, 0) is 75.8 Å². The first-order chi connectivity index (χ1) is 19.7. The third-order valence-corrected chi connectivity index (χ3v) is 8.28. The van der Waals surface area contributed by atoms with Gasteiger partial charge in [0.05, 0.1) is 30.7 Å². The summed E-state index contributed by atoms with van der Waals surface area (Å²) < 4.78 is 34.2. The van der Waals surface area contributed by atoms with Crippen LogP contribution in [0.5, 0.6) is 17.4 Å². The second-order valence-corrected chi connectivity index (χ2v) is 11.3. The van der Waals surface area contributed by atoms with Gasteiger partial charge in [-0.1, -0.05) is 17.7 Å². The number of methoxy groups -OCH3 is 1. The Morgan fingerprint density at radius 3 is 2.63 bits per heavy atom. The number of hydrogen-bond acceptors (Lipinski definition) is 7. The molecule has 11 heteroatoms. The molecule has 0 atom stereocenters. The highest BCUT2D eigenvalue weighted by atomic mass is 35.5. The fourth-order valence-electron chi connectivity index (χ4n) is 5.28. The number of ether oxygens (including phenoxy) is 3. The van der Waals surface area contributed by atoms with Gasteiger partial charge in [0, 0.05) is 11.1 Å². The highest BCUT2D eigenvalue weighted by Gasteiger charge is 2.41. The minimum atomic E-state index is -0.764. The standard InChI is InChI=1S/C30H30ClFN4O5/c1-30(12-13-30)41-28-25-27(33-16-34-28)36(15-18-14-19(32)8-11-22(18)39-2)26(35-25)21-4-3-5-23(24(21)31)40-20-9-6-17(7-10-20)29(37)38/h3-5,8,11,14,16-17,20H,6-7,9-10,12-13,15H2,1-2H3,(H,37,38). The number of benzene rings is 2. The van der Waals surface area contributed by atoms with Crippen LogP contribution in [0.15, 0.2) is 42.7 Å². The Balaban J connectivity index is 1.42. The number of carbonyl (C=O) groups is 1. The number of halogens is 2. The predicted octanol–water partition coefficient (Wildman–Crippen LogP) is 6.30. The summed E-state index contributed by atoms with van der Waals surface area (Å²) in [5.41, 5.74) is 1.89. The van der Waals surface area contributed by atoms with Gasteiger partial charge in [-0.2, -0.15) is 4.98 Å². The monoisotopic (exact) mass is 580 g/mol. The van der Waals surface area contributed by atoms with E-state index in [0.717, 1.165) is 12.8 Å². The Bertz CT molecular complexity index is 1610. The summed E-state index contributed by atoms with van der Waals surface area (Å²) in [6, 6.07) is 9.82. The average Bonchev–Trinajstić information content (AvgIpc) is 3.57. The molecule has 2 aromatic carbocycles. The lowest BCUT2D eigenvalue weighted by Crippen LogP contribution is -2.27. The highest BCUT2D eigenvalue weighted by molar-refractivity contribution is 6.34. The zero-order chi connectivity index (χ0) is 28.7. The van der Waals surface area contributed by atoms with Crippen molar-refractivity contribution in [2.24, 2.45) is 5.92 Å². The van der Waals surface area contributed by atoms with Crippen molar-refractivity contribution in [1.82, 2.24) is 19.5 Å². The fraction of sp³-hybridized carbons (Fsp3) is 0.400. The molecule has 2 aromatic heterocycles. The molecule has 0 amide bonds. The Morgan fingerprint density at radius 1 is 1.15 bits per heavy atom. The van der Waals surface area contributed by atoms with Crippen LogP contribution in [0.3, 0.4) is 0 Å². The molecule has 0 spiro atoms. The van der Waals surface area contributed by atoms with Crippen LogP contribution in [0.1, 0.15) is 51.0 Å². The van der Waals surface area contributed by atoms with Gasteiger partial charge in [0.1, 0.15) is 35.1 Å². The molecule has 2 saturated carbocycles. The van der Waals surface area contributed by atoms with Gasteiger partial charge in [0.15, 0.2) is 11.2 Å². The van der Waals surface area contributed by atoms with E-state index in [1.165, 1.54) is 25.6 Å². The van der Waals surface area contributed by atoms with Gasteiger partial charge in [0.25, 0.3) is 0 Å². The van der Waals surface area contributed by atoms with Crippen molar-refractivity contribution in [2.45, 2.75) is 63.7 Å². The number of aliphatic carboxylic acids is 1. The van der Waals surface area contributed by atoms with Crippen molar-refractivity contribution < 1.29 is 28.5 Å². The van der Waals surface area contributed by atoms with Crippen LogP contribution in [-0.4, -0.2) is 49.4 Å². The molecule has 41 heavy (non-hydrogen) atoms. The number of imidazole rings is 1. The predicted molar refractivity (Wildman–Crippen MR) is 150 cm³/mol. The van der Waals surface area contributed by atoms with Crippen LogP contribution in [0, 0.1) is 11.7 Å². The largest absolute Gasteiger partial charge is 0.496 e. The summed E-state index contributed by atoms with van der Waals surface area (Å²) in [5.74, 6) is 0.375. The van der Waals surface area contributed by atoms with Crippen LogP contribution in [0.25, 0.3) is 22.6 Å². The van der Waals surface area contributed by atoms with Gasteiger partial charge < -0.3 is 23.9 Å². The van der Waals surface area contributed by atoms with Crippen molar-refractivity contribution in [3.8, 4) is 28.8 Å². The normalized spacial score (nSPS) is 19.6. The molecule has 2 aliphatic rings. The van der Waals surface area contributed by atoms with Crippen molar-refractivity contribution in [2.75, 3.05) is 7.11 Å². The number of carboxylic acid groups (broad SMARTS) is 1. The third-order valence-electron chi connectivity index (χ3n) is 7.89. The van der Waals surface area contributed by atoms with Crippen molar-refractivity contribution in [3.63, 3.8) is 0 Å². The number of hydrogen-bond donors (Lipinski definition) is 1. The van der Waals surface area contributed by atoms with E-state index in [0.29, 0.717) is 76.2 Å². The van der Waals surface area contributed by atoms with E-state index in [1.807, 2.05) is 23.6 Å². The molecule has 1 N–H and O–H groups in total. The summed E-state index contributed by atoms with van der Waals surface area (Å²) in [6.07, 6.45) is 5.51. The molecule has 0 bridgehead atoms. The first-order valence-corrected chi connectivity index (χ1v) is 14.0. The molecule has 0 saturated heterocycles. The number of rotatable bonds is 9. The first-order valence-electron chi connectivity index (χ1n) is 13.7. The Labute approximate surface area is 241 Å². The number of aromatic nitrogens is 4. The second kappa shape index (κ2) is 10.8. The summed E-state index contributed by atoms with van der Waals surface area (Å²) in [4.78, 5) is 25.2. The number of carboxylic acids is 1.